The molecule has 3 aromatic rings. The van der Waals surface area contributed by atoms with Crippen LogP contribution in [0.3, 0.4) is 0 Å². The fraction of sp³-hybridized carbons (Fsp3) is 0.231. The molecule has 6 heteroatoms. The van der Waals surface area contributed by atoms with Crippen LogP contribution in [-0.2, 0) is 17.9 Å². The van der Waals surface area contributed by atoms with E-state index in [1.807, 2.05) is 74.5 Å². The topological polar surface area (TPSA) is 79.5 Å². The summed E-state index contributed by atoms with van der Waals surface area (Å²) < 4.78 is 5.62. The van der Waals surface area contributed by atoms with Gasteiger partial charge in [-0.15, -0.1) is 0 Å². The van der Waals surface area contributed by atoms with E-state index >= 15 is 0 Å². The lowest BCUT2D eigenvalue weighted by Gasteiger charge is -2.11. The highest BCUT2D eigenvalue weighted by Gasteiger charge is 2.07. The minimum atomic E-state index is -0.160. The lowest BCUT2D eigenvalue weighted by Crippen LogP contribution is -2.29. The molecule has 0 atom stereocenters. The largest absolute Gasteiger partial charge is 0.491 e. The van der Waals surface area contributed by atoms with Gasteiger partial charge in [-0.3, -0.25) is 9.59 Å². The lowest BCUT2D eigenvalue weighted by molar-refractivity contribution is -0.119. The van der Waals surface area contributed by atoms with Crippen molar-refractivity contribution in [3.8, 4) is 5.75 Å². The van der Waals surface area contributed by atoms with Crippen LogP contribution in [0.4, 0.5) is 5.69 Å². The van der Waals surface area contributed by atoms with Crippen molar-refractivity contribution in [3.05, 3.63) is 95.6 Å². The number of anilines is 1. The van der Waals surface area contributed by atoms with Crippen molar-refractivity contribution in [2.45, 2.75) is 33.0 Å². The predicted octanol–water partition coefficient (Wildman–Crippen LogP) is 4.13. The summed E-state index contributed by atoms with van der Waals surface area (Å²) in [6.45, 7) is 4.97. The Kier molecular flexibility index (Phi) is 8.26. The molecular formula is C26H29N3O3. The zero-order valence-corrected chi connectivity index (χ0v) is 18.4. The number of hydrogen-bond donors (Lipinski definition) is 3. The summed E-state index contributed by atoms with van der Waals surface area (Å²) in [5.74, 6) is 0.516. The zero-order valence-electron chi connectivity index (χ0n) is 18.4. The monoisotopic (exact) mass is 431 g/mol. The molecule has 166 valence electrons. The van der Waals surface area contributed by atoms with Gasteiger partial charge in [-0.25, -0.2) is 0 Å². The van der Waals surface area contributed by atoms with Gasteiger partial charge in [0.15, 0.2) is 0 Å². The Bertz CT molecular complexity index is 1020. The molecule has 0 fully saturated rings. The van der Waals surface area contributed by atoms with Crippen molar-refractivity contribution >= 4 is 17.5 Å². The Morgan fingerprint density at radius 3 is 2.22 bits per heavy atom. The van der Waals surface area contributed by atoms with E-state index in [2.05, 4.69) is 16.0 Å². The van der Waals surface area contributed by atoms with Crippen molar-refractivity contribution in [1.29, 1.82) is 0 Å². The van der Waals surface area contributed by atoms with Gasteiger partial charge in [-0.1, -0.05) is 48.5 Å². The fourth-order valence-electron chi connectivity index (χ4n) is 3.05. The van der Waals surface area contributed by atoms with Gasteiger partial charge in [0, 0.05) is 24.3 Å². The first-order chi connectivity index (χ1) is 15.5. The van der Waals surface area contributed by atoms with E-state index in [1.54, 1.807) is 18.2 Å². The number of carbonyl (C=O) groups is 2. The Labute approximate surface area is 189 Å². The second-order valence-electron chi connectivity index (χ2n) is 7.69. The van der Waals surface area contributed by atoms with E-state index in [-0.39, 0.29) is 24.5 Å². The molecule has 0 bridgehead atoms. The average Bonchev–Trinajstić information content (AvgIpc) is 2.81. The van der Waals surface area contributed by atoms with Crippen molar-refractivity contribution < 1.29 is 14.3 Å². The highest BCUT2D eigenvalue weighted by atomic mass is 16.5. The third-order valence-electron chi connectivity index (χ3n) is 4.66. The molecular weight excluding hydrogens is 402 g/mol. The van der Waals surface area contributed by atoms with Crippen LogP contribution in [-0.4, -0.2) is 24.5 Å². The molecule has 0 spiro atoms. The van der Waals surface area contributed by atoms with Gasteiger partial charge in [-0.05, 0) is 55.3 Å². The minimum Gasteiger partial charge on any atom is -0.491 e. The maximum atomic E-state index is 12.4. The lowest BCUT2D eigenvalue weighted by atomic mass is 10.1. The molecule has 2 amide bonds. The van der Waals surface area contributed by atoms with Gasteiger partial charge in [0.2, 0.25) is 5.91 Å². The number of benzene rings is 3. The van der Waals surface area contributed by atoms with Crippen molar-refractivity contribution in [2.24, 2.45) is 0 Å². The first-order valence-corrected chi connectivity index (χ1v) is 10.7. The fourth-order valence-corrected chi connectivity index (χ4v) is 3.05. The maximum absolute atomic E-state index is 12.4. The normalized spacial score (nSPS) is 10.5. The summed E-state index contributed by atoms with van der Waals surface area (Å²) in [6.07, 6.45) is 0.125. The predicted molar refractivity (Wildman–Crippen MR) is 127 cm³/mol. The molecule has 0 heterocycles. The van der Waals surface area contributed by atoms with Crippen LogP contribution in [0, 0.1) is 0 Å². The standard InChI is InChI=1S/C26H29N3O3/c1-19(2)32-24-13-11-21(12-14-24)16-28-25(30)18-27-23-10-6-9-22(15-23)26(31)29-17-20-7-4-3-5-8-20/h3-15,19,27H,16-18H2,1-2H3,(H,28,30)(H,29,31). The number of nitrogens with one attached hydrogen (secondary N) is 3. The summed E-state index contributed by atoms with van der Waals surface area (Å²) >= 11 is 0. The van der Waals surface area contributed by atoms with E-state index in [0.717, 1.165) is 16.9 Å². The third kappa shape index (κ3) is 7.47. The molecule has 6 nitrogen and oxygen atoms in total. The molecule has 0 aliphatic heterocycles. The van der Waals surface area contributed by atoms with E-state index in [4.69, 9.17) is 4.74 Å². The molecule has 0 radical (unpaired) electrons. The first kappa shape index (κ1) is 22.9. The van der Waals surface area contributed by atoms with Crippen LogP contribution >= 0.6 is 0 Å². The van der Waals surface area contributed by atoms with Crippen LogP contribution in [0.25, 0.3) is 0 Å². The van der Waals surface area contributed by atoms with Gasteiger partial charge >= 0.3 is 0 Å². The first-order valence-electron chi connectivity index (χ1n) is 10.7. The van der Waals surface area contributed by atoms with Gasteiger partial charge in [0.25, 0.3) is 5.91 Å². The number of amides is 2. The molecule has 0 saturated heterocycles. The SMILES string of the molecule is CC(C)Oc1ccc(CNC(=O)CNc2cccc(C(=O)NCc3ccccc3)c2)cc1. The Balaban J connectivity index is 1.44. The number of rotatable bonds is 10. The van der Waals surface area contributed by atoms with Gasteiger partial charge in [0.1, 0.15) is 5.75 Å². The summed E-state index contributed by atoms with van der Waals surface area (Å²) in [7, 11) is 0. The van der Waals surface area contributed by atoms with Crippen molar-refractivity contribution in [3.63, 3.8) is 0 Å². The second kappa shape index (κ2) is 11.6. The summed E-state index contributed by atoms with van der Waals surface area (Å²) in [4.78, 5) is 24.6. The van der Waals surface area contributed by atoms with E-state index in [9.17, 15) is 9.59 Å². The maximum Gasteiger partial charge on any atom is 0.251 e. The Morgan fingerprint density at radius 1 is 0.812 bits per heavy atom. The number of carbonyl (C=O) groups excluding carboxylic acids is 2. The van der Waals surface area contributed by atoms with E-state index in [0.29, 0.717) is 24.3 Å². The summed E-state index contributed by atoms with van der Waals surface area (Å²) in [5.41, 5.74) is 3.28. The van der Waals surface area contributed by atoms with Crippen LogP contribution in [0.1, 0.15) is 35.3 Å². The molecule has 3 aromatic carbocycles. The smallest absolute Gasteiger partial charge is 0.251 e. The van der Waals surface area contributed by atoms with Crippen molar-refractivity contribution in [2.75, 3.05) is 11.9 Å². The summed E-state index contributed by atoms with van der Waals surface area (Å²) in [5, 5.41) is 8.86. The van der Waals surface area contributed by atoms with Crippen LogP contribution in [0.5, 0.6) is 5.75 Å². The molecule has 3 N–H and O–H groups in total. The number of ether oxygens (including phenoxy) is 1. The molecule has 3 rings (SSSR count). The van der Waals surface area contributed by atoms with Gasteiger partial charge in [-0.2, -0.15) is 0 Å². The molecule has 0 saturated carbocycles. The number of hydrogen-bond acceptors (Lipinski definition) is 4. The summed E-state index contributed by atoms with van der Waals surface area (Å²) in [6, 6.07) is 24.5. The van der Waals surface area contributed by atoms with Crippen LogP contribution < -0.4 is 20.7 Å². The highest BCUT2D eigenvalue weighted by Crippen LogP contribution is 2.14. The average molecular weight is 432 g/mol. The van der Waals surface area contributed by atoms with E-state index in [1.165, 1.54) is 0 Å². The van der Waals surface area contributed by atoms with Crippen LogP contribution in [0.15, 0.2) is 78.9 Å². The molecule has 0 aromatic heterocycles. The molecule has 0 unspecified atom stereocenters. The van der Waals surface area contributed by atoms with Crippen molar-refractivity contribution in [1.82, 2.24) is 10.6 Å². The molecule has 0 aliphatic carbocycles. The zero-order chi connectivity index (χ0) is 22.8. The molecule has 32 heavy (non-hydrogen) atoms. The van der Waals surface area contributed by atoms with Crippen LogP contribution in [0.2, 0.25) is 0 Å². The van der Waals surface area contributed by atoms with Gasteiger partial charge < -0.3 is 20.7 Å². The van der Waals surface area contributed by atoms with E-state index < -0.39 is 0 Å². The second-order valence-corrected chi connectivity index (χ2v) is 7.69. The minimum absolute atomic E-state index is 0.115. The van der Waals surface area contributed by atoms with Gasteiger partial charge in [0.05, 0.1) is 12.6 Å². The Morgan fingerprint density at radius 2 is 1.50 bits per heavy atom. The highest BCUT2D eigenvalue weighted by molar-refractivity contribution is 5.95. The third-order valence-corrected chi connectivity index (χ3v) is 4.66. The Hall–Kier alpha value is -3.80. The quantitative estimate of drug-likeness (QED) is 0.451. The molecule has 0 aliphatic rings.